The van der Waals surface area contributed by atoms with Crippen molar-refractivity contribution in [3.05, 3.63) is 11.8 Å². The monoisotopic (exact) mass is 138 g/mol. The Bertz CT molecular complexity index is 168. The summed E-state index contributed by atoms with van der Waals surface area (Å²) < 4.78 is 0. The van der Waals surface area contributed by atoms with Crippen molar-refractivity contribution in [3.8, 4) is 0 Å². The highest BCUT2D eigenvalue weighted by Gasteiger charge is 2.07. The molecule has 2 heteroatoms. The highest BCUT2D eigenvalue weighted by Crippen LogP contribution is 2.12. The van der Waals surface area contributed by atoms with Gasteiger partial charge in [-0.3, -0.25) is 0 Å². The molecule has 0 fully saturated rings. The number of hydrogen-bond acceptors (Lipinski definition) is 2. The van der Waals surface area contributed by atoms with E-state index in [9.17, 15) is 0 Å². The van der Waals surface area contributed by atoms with Gasteiger partial charge in [-0.1, -0.05) is 13.8 Å². The van der Waals surface area contributed by atoms with Gasteiger partial charge in [-0.15, -0.1) is 0 Å². The highest BCUT2D eigenvalue weighted by atomic mass is 15.1. The molecule has 1 aliphatic rings. The Kier molecular flexibility index (Phi) is 2.10. The molecule has 0 atom stereocenters. The van der Waals surface area contributed by atoms with E-state index in [1.54, 1.807) is 0 Å². The van der Waals surface area contributed by atoms with Gasteiger partial charge in [0.2, 0.25) is 0 Å². The smallest absolute Gasteiger partial charge is 0.0905 e. The van der Waals surface area contributed by atoms with Crippen LogP contribution in [0.1, 0.15) is 13.8 Å². The highest BCUT2D eigenvalue weighted by molar-refractivity contribution is 5.57. The van der Waals surface area contributed by atoms with Crippen molar-refractivity contribution in [1.29, 1.82) is 0 Å². The molecule has 1 rings (SSSR count). The average Bonchev–Trinajstić information content (AvgIpc) is 1.88. The molecule has 0 amide bonds. The van der Waals surface area contributed by atoms with Crippen LogP contribution >= 0.6 is 0 Å². The van der Waals surface area contributed by atoms with Crippen molar-refractivity contribution >= 4 is 6.34 Å². The van der Waals surface area contributed by atoms with Crippen molar-refractivity contribution in [2.45, 2.75) is 13.8 Å². The second kappa shape index (κ2) is 2.86. The van der Waals surface area contributed by atoms with Gasteiger partial charge < -0.3 is 4.90 Å². The minimum Gasteiger partial charge on any atom is -0.362 e. The van der Waals surface area contributed by atoms with Crippen LogP contribution in [0.5, 0.6) is 0 Å². The number of hydrogen-bond donors (Lipinski definition) is 0. The normalized spacial score (nSPS) is 18.0. The lowest BCUT2D eigenvalue weighted by Crippen LogP contribution is -2.23. The predicted octanol–water partition coefficient (Wildman–Crippen LogP) is 1.50. The summed E-state index contributed by atoms with van der Waals surface area (Å²) in [5.74, 6) is 0.625. The third-order valence-corrected chi connectivity index (χ3v) is 1.68. The van der Waals surface area contributed by atoms with Crippen LogP contribution in [-0.2, 0) is 0 Å². The minimum atomic E-state index is 0.625. The zero-order chi connectivity index (χ0) is 7.56. The molecule has 56 valence electrons. The van der Waals surface area contributed by atoms with E-state index < -0.39 is 0 Å². The Balaban J connectivity index is 2.61. The van der Waals surface area contributed by atoms with E-state index in [0.717, 1.165) is 6.54 Å². The largest absolute Gasteiger partial charge is 0.362 e. The second-order valence-corrected chi connectivity index (χ2v) is 3.04. The first kappa shape index (κ1) is 7.32. The molecule has 0 radical (unpaired) electrons. The maximum atomic E-state index is 4.10. The van der Waals surface area contributed by atoms with Crippen LogP contribution < -0.4 is 0 Å². The van der Waals surface area contributed by atoms with E-state index in [1.165, 1.54) is 5.57 Å². The van der Waals surface area contributed by atoms with Gasteiger partial charge in [0.15, 0.2) is 0 Å². The summed E-state index contributed by atoms with van der Waals surface area (Å²) in [6.07, 6.45) is 3.82. The van der Waals surface area contributed by atoms with Gasteiger partial charge in [0.25, 0.3) is 0 Å². The first-order chi connectivity index (χ1) is 4.70. The maximum Gasteiger partial charge on any atom is 0.0905 e. The summed E-state index contributed by atoms with van der Waals surface area (Å²) >= 11 is 0. The van der Waals surface area contributed by atoms with Gasteiger partial charge in [0.1, 0.15) is 0 Å². The molecule has 0 aromatic heterocycles. The molecular formula is C8H14N2. The van der Waals surface area contributed by atoms with Crippen molar-refractivity contribution < 1.29 is 0 Å². The molecule has 10 heavy (non-hydrogen) atoms. The lowest BCUT2D eigenvalue weighted by Gasteiger charge is -2.20. The number of rotatable bonds is 1. The molecular weight excluding hydrogens is 124 g/mol. The van der Waals surface area contributed by atoms with E-state index >= 15 is 0 Å². The van der Waals surface area contributed by atoms with Gasteiger partial charge >= 0.3 is 0 Å². The Labute approximate surface area is 62.3 Å². The molecule has 0 unspecified atom stereocenters. The topological polar surface area (TPSA) is 15.6 Å². The van der Waals surface area contributed by atoms with Gasteiger partial charge in [-0.2, -0.15) is 0 Å². The van der Waals surface area contributed by atoms with Crippen molar-refractivity contribution in [2.75, 3.05) is 13.6 Å². The fourth-order valence-corrected chi connectivity index (χ4v) is 0.944. The van der Waals surface area contributed by atoms with Crippen LogP contribution in [0.3, 0.4) is 0 Å². The van der Waals surface area contributed by atoms with Crippen molar-refractivity contribution in [2.24, 2.45) is 10.9 Å². The molecule has 0 aromatic carbocycles. The fourth-order valence-electron chi connectivity index (χ4n) is 0.944. The van der Waals surface area contributed by atoms with Crippen LogP contribution in [0.25, 0.3) is 0 Å². The van der Waals surface area contributed by atoms with Gasteiger partial charge in [-0.25, -0.2) is 4.99 Å². The molecule has 0 bridgehead atoms. The number of aliphatic imine (C=N–C) groups is 1. The summed E-state index contributed by atoms with van der Waals surface area (Å²) in [6.45, 7) is 5.42. The van der Waals surface area contributed by atoms with E-state index in [0.29, 0.717) is 5.92 Å². The summed E-state index contributed by atoms with van der Waals surface area (Å²) in [6, 6.07) is 0. The Hall–Kier alpha value is -0.790. The van der Waals surface area contributed by atoms with E-state index in [2.05, 4.69) is 23.7 Å². The van der Waals surface area contributed by atoms with E-state index in [1.807, 2.05) is 19.6 Å². The van der Waals surface area contributed by atoms with Crippen molar-refractivity contribution in [3.63, 3.8) is 0 Å². The third-order valence-electron chi connectivity index (χ3n) is 1.68. The molecule has 0 aromatic rings. The predicted molar refractivity (Wildman–Crippen MR) is 44.0 cm³/mol. The van der Waals surface area contributed by atoms with Gasteiger partial charge in [0.05, 0.1) is 6.34 Å². The van der Waals surface area contributed by atoms with Crippen LogP contribution in [0.15, 0.2) is 16.8 Å². The lowest BCUT2D eigenvalue weighted by atomic mass is 10.0. The number of nitrogens with zero attached hydrogens (tertiary/aromatic N) is 2. The molecule has 1 heterocycles. The lowest BCUT2D eigenvalue weighted by molar-refractivity contribution is 0.522. The summed E-state index contributed by atoms with van der Waals surface area (Å²) in [5.41, 5.74) is 1.41. The SMILES string of the molecule is CC(C)C1=CN=CN(C)C1. The van der Waals surface area contributed by atoms with Crippen LogP contribution in [0, 0.1) is 5.92 Å². The van der Waals surface area contributed by atoms with E-state index in [4.69, 9.17) is 0 Å². The van der Waals surface area contributed by atoms with Gasteiger partial charge in [0, 0.05) is 19.8 Å². The quantitative estimate of drug-likeness (QED) is 0.536. The summed E-state index contributed by atoms with van der Waals surface area (Å²) in [5, 5.41) is 0. The molecule has 1 aliphatic heterocycles. The van der Waals surface area contributed by atoms with Crippen molar-refractivity contribution in [1.82, 2.24) is 4.90 Å². The average molecular weight is 138 g/mol. The first-order valence-electron chi connectivity index (χ1n) is 3.62. The molecule has 0 saturated carbocycles. The summed E-state index contributed by atoms with van der Waals surface area (Å²) in [4.78, 5) is 6.19. The third kappa shape index (κ3) is 1.59. The Morgan fingerprint density at radius 3 is 2.70 bits per heavy atom. The fraction of sp³-hybridized carbons (Fsp3) is 0.625. The van der Waals surface area contributed by atoms with Crippen LogP contribution in [-0.4, -0.2) is 24.8 Å². The molecule has 0 aliphatic carbocycles. The Morgan fingerprint density at radius 2 is 2.30 bits per heavy atom. The Morgan fingerprint density at radius 1 is 1.60 bits per heavy atom. The standard InChI is InChI=1S/C8H14N2/c1-7(2)8-4-9-6-10(3)5-8/h4,6-7H,5H2,1-3H3. The molecule has 0 spiro atoms. The first-order valence-corrected chi connectivity index (χ1v) is 3.62. The van der Waals surface area contributed by atoms with Crippen LogP contribution in [0.2, 0.25) is 0 Å². The molecule has 0 saturated heterocycles. The number of likely N-dealkylation sites (N-methyl/N-ethyl adjacent to an activating group) is 1. The zero-order valence-electron chi connectivity index (χ0n) is 6.83. The molecule has 2 nitrogen and oxygen atoms in total. The summed E-state index contributed by atoms with van der Waals surface area (Å²) in [7, 11) is 2.04. The van der Waals surface area contributed by atoms with Gasteiger partial charge in [-0.05, 0) is 11.5 Å². The van der Waals surface area contributed by atoms with Crippen LogP contribution in [0.4, 0.5) is 0 Å². The zero-order valence-corrected chi connectivity index (χ0v) is 6.83. The maximum absolute atomic E-state index is 4.10. The minimum absolute atomic E-state index is 0.625. The second-order valence-electron chi connectivity index (χ2n) is 3.04. The molecule has 0 N–H and O–H groups in total. The van der Waals surface area contributed by atoms with E-state index in [-0.39, 0.29) is 0 Å².